The Morgan fingerprint density at radius 2 is 2.14 bits per heavy atom. The Balaban J connectivity index is 1.84. The van der Waals surface area contributed by atoms with E-state index in [1.807, 2.05) is 42.6 Å². The van der Waals surface area contributed by atoms with Crippen LogP contribution >= 0.6 is 11.3 Å². The molecule has 0 saturated carbocycles. The maximum Gasteiger partial charge on any atom is 0.272 e. The van der Waals surface area contributed by atoms with Gasteiger partial charge in [0.1, 0.15) is 5.69 Å². The summed E-state index contributed by atoms with van der Waals surface area (Å²) in [5.41, 5.74) is 0.416. The summed E-state index contributed by atoms with van der Waals surface area (Å²) in [7, 11) is 1.80. The van der Waals surface area contributed by atoms with E-state index in [-0.39, 0.29) is 11.9 Å². The van der Waals surface area contributed by atoms with Crippen LogP contribution in [0.2, 0.25) is 0 Å². The molecule has 0 radical (unpaired) electrons. The van der Waals surface area contributed by atoms with Crippen molar-refractivity contribution in [1.82, 2.24) is 19.7 Å². The minimum absolute atomic E-state index is 0.0164. The summed E-state index contributed by atoms with van der Waals surface area (Å²) in [4.78, 5) is 19.9. The maximum atomic E-state index is 12.6. The molecule has 1 amide bonds. The lowest BCUT2D eigenvalue weighted by molar-refractivity contribution is 0.0739. The van der Waals surface area contributed by atoms with E-state index in [4.69, 9.17) is 0 Å². The van der Waals surface area contributed by atoms with Crippen LogP contribution in [0.15, 0.2) is 54.2 Å². The molecule has 0 spiro atoms. The van der Waals surface area contributed by atoms with Crippen LogP contribution in [0.4, 0.5) is 0 Å². The van der Waals surface area contributed by atoms with Crippen molar-refractivity contribution in [3.05, 3.63) is 64.7 Å². The van der Waals surface area contributed by atoms with Crippen LogP contribution in [0.5, 0.6) is 0 Å². The molecule has 3 aromatic rings. The molecule has 0 aliphatic rings. The topological polar surface area (TPSA) is 51.0 Å². The first-order valence-corrected chi connectivity index (χ1v) is 7.82. The van der Waals surface area contributed by atoms with E-state index in [1.165, 1.54) is 0 Å². The van der Waals surface area contributed by atoms with Gasteiger partial charge < -0.3 is 4.90 Å². The third-order valence-electron chi connectivity index (χ3n) is 3.55. The minimum Gasteiger partial charge on any atom is -0.333 e. The number of pyridine rings is 1. The van der Waals surface area contributed by atoms with Gasteiger partial charge in [-0.05, 0) is 36.6 Å². The molecule has 0 N–H and O–H groups in total. The highest BCUT2D eigenvalue weighted by molar-refractivity contribution is 7.10. The van der Waals surface area contributed by atoms with E-state index in [2.05, 4.69) is 10.1 Å². The van der Waals surface area contributed by atoms with Gasteiger partial charge in [0.05, 0.1) is 6.04 Å². The van der Waals surface area contributed by atoms with E-state index in [0.717, 1.165) is 4.88 Å². The quantitative estimate of drug-likeness (QED) is 0.743. The first-order valence-electron chi connectivity index (χ1n) is 6.94. The average molecular weight is 312 g/mol. The second-order valence-electron chi connectivity index (χ2n) is 4.94. The number of hydrogen-bond donors (Lipinski definition) is 0. The van der Waals surface area contributed by atoms with Gasteiger partial charge >= 0.3 is 0 Å². The van der Waals surface area contributed by atoms with Crippen LogP contribution in [0.3, 0.4) is 0 Å². The molecule has 3 aromatic heterocycles. The molecule has 0 aliphatic carbocycles. The Kier molecular flexibility index (Phi) is 4.02. The van der Waals surface area contributed by atoms with E-state index in [1.54, 1.807) is 46.4 Å². The molecule has 6 heteroatoms. The first-order chi connectivity index (χ1) is 10.7. The van der Waals surface area contributed by atoms with Crippen LogP contribution in [-0.2, 0) is 0 Å². The van der Waals surface area contributed by atoms with Crippen molar-refractivity contribution in [2.24, 2.45) is 0 Å². The number of nitrogens with zero attached hydrogens (tertiary/aromatic N) is 4. The summed E-state index contributed by atoms with van der Waals surface area (Å²) < 4.78 is 1.64. The van der Waals surface area contributed by atoms with Gasteiger partial charge in [-0.15, -0.1) is 11.3 Å². The van der Waals surface area contributed by atoms with Gasteiger partial charge in [0.15, 0.2) is 5.82 Å². The van der Waals surface area contributed by atoms with Crippen molar-refractivity contribution >= 4 is 17.2 Å². The summed E-state index contributed by atoms with van der Waals surface area (Å²) in [6.07, 6.45) is 3.48. The highest BCUT2D eigenvalue weighted by atomic mass is 32.1. The molecule has 3 rings (SSSR count). The van der Waals surface area contributed by atoms with Gasteiger partial charge in [0.25, 0.3) is 5.91 Å². The van der Waals surface area contributed by atoms with Gasteiger partial charge in [0.2, 0.25) is 0 Å². The fourth-order valence-corrected chi connectivity index (χ4v) is 2.98. The van der Waals surface area contributed by atoms with E-state index in [9.17, 15) is 4.79 Å². The molecular formula is C16H16N4OS. The highest BCUT2D eigenvalue weighted by Gasteiger charge is 2.20. The Hall–Kier alpha value is -2.47. The van der Waals surface area contributed by atoms with Crippen molar-refractivity contribution < 1.29 is 4.79 Å². The second-order valence-corrected chi connectivity index (χ2v) is 5.92. The lowest BCUT2D eigenvalue weighted by Gasteiger charge is -2.23. The number of carbonyl (C=O) groups excluding carboxylic acids is 1. The number of aromatic nitrogens is 3. The monoisotopic (exact) mass is 312 g/mol. The fourth-order valence-electron chi connectivity index (χ4n) is 2.15. The van der Waals surface area contributed by atoms with Crippen LogP contribution in [-0.4, -0.2) is 32.6 Å². The van der Waals surface area contributed by atoms with Crippen molar-refractivity contribution in [3.63, 3.8) is 0 Å². The maximum absolute atomic E-state index is 12.6. The number of thiophene rings is 1. The van der Waals surface area contributed by atoms with Crippen LogP contribution < -0.4 is 0 Å². The highest BCUT2D eigenvalue weighted by Crippen LogP contribution is 2.24. The molecule has 112 valence electrons. The molecule has 0 fully saturated rings. The summed E-state index contributed by atoms with van der Waals surface area (Å²) in [6, 6.07) is 11.2. The molecule has 5 nitrogen and oxygen atoms in total. The number of carbonyl (C=O) groups is 1. The second kappa shape index (κ2) is 6.11. The molecular weight excluding hydrogens is 296 g/mol. The SMILES string of the molecule is C[C@H](c1cccs1)N(C)C(=O)c1cccc(-n2cccn2)n1. The summed E-state index contributed by atoms with van der Waals surface area (Å²) >= 11 is 1.64. The van der Waals surface area contributed by atoms with Gasteiger partial charge in [-0.2, -0.15) is 5.10 Å². The average Bonchev–Trinajstić information content (AvgIpc) is 3.25. The van der Waals surface area contributed by atoms with Gasteiger partial charge in [-0.1, -0.05) is 12.1 Å². The molecule has 0 bridgehead atoms. The first kappa shape index (κ1) is 14.5. The largest absolute Gasteiger partial charge is 0.333 e. The van der Waals surface area contributed by atoms with Crippen LogP contribution in [0, 0.1) is 0 Å². The predicted octanol–water partition coefficient (Wildman–Crippen LogP) is 3.16. The molecule has 1 atom stereocenters. The zero-order chi connectivity index (χ0) is 15.5. The van der Waals surface area contributed by atoms with Crippen molar-refractivity contribution in [1.29, 1.82) is 0 Å². The molecule has 3 heterocycles. The van der Waals surface area contributed by atoms with Crippen molar-refractivity contribution in [2.45, 2.75) is 13.0 Å². The van der Waals surface area contributed by atoms with E-state index >= 15 is 0 Å². The molecule has 22 heavy (non-hydrogen) atoms. The van der Waals surface area contributed by atoms with Gasteiger partial charge in [0, 0.05) is 24.3 Å². The molecule has 0 saturated heterocycles. The summed E-state index contributed by atoms with van der Waals surface area (Å²) in [5, 5.41) is 6.15. The number of rotatable bonds is 4. The molecule has 0 aromatic carbocycles. The number of amides is 1. The van der Waals surface area contributed by atoms with Crippen LogP contribution in [0.1, 0.15) is 28.3 Å². The smallest absolute Gasteiger partial charge is 0.272 e. The lowest BCUT2D eigenvalue weighted by atomic mass is 10.2. The minimum atomic E-state index is -0.102. The predicted molar refractivity (Wildman–Crippen MR) is 86.2 cm³/mol. The summed E-state index contributed by atoms with van der Waals surface area (Å²) in [6.45, 7) is 2.01. The Morgan fingerprint density at radius 3 is 2.82 bits per heavy atom. The van der Waals surface area contributed by atoms with Gasteiger partial charge in [-0.25, -0.2) is 9.67 Å². The normalized spacial score (nSPS) is 12.1. The third kappa shape index (κ3) is 2.78. The van der Waals surface area contributed by atoms with Crippen molar-refractivity contribution in [3.8, 4) is 5.82 Å². The standard InChI is InChI=1S/C16H16N4OS/c1-12(14-7-4-11-22-14)19(2)16(21)13-6-3-8-15(18-13)20-10-5-9-17-20/h3-12H,1-2H3/t12-/m1/s1. The number of hydrogen-bond acceptors (Lipinski definition) is 4. The Bertz CT molecular complexity index is 752. The van der Waals surface area contributed by atoms with Crippen molar-refractivity contribution in [2.75, 3.05) is 7.05 Å². The molecule has 0 aliphatic heterocycles. The summed E-state index contributed by atoms with van der Waals surface area (Å²) in [5.74, 6) is 0.530. The zero-order valence-corrected chi connectivity index (χ0v) is 13.2. The lowest BCUT2D eigenvalue weighted by Crippen LogP contribution is -2.30. The molecule has 0 unspecified atom stereocenters. The third-order valence-corrected chi connectivity index (χ3v) is 4.59. The van der Waals surface area contributed by atoms with E-state index < -0.39 is 0 Å². The Morgan fingerprint density at radius 1 is 1.27 bits per heavy atom. The Labute approximate surface area is 132 Å². The van der Waals surface area contributed by atoms with E-state index in [0.29, 0.717) is 11.5 Å². The zero-order valence-electron chi connectivity index (χ0n) is 12.4. The fraction of sp³-hybridized carbons (Fsp3) is 0.188. The van der Waals surface area contributed by atoms with Crippen LogP contribution in [0.25, 0.3) is 5.82 Å². The van der Waals surface area contributed by atoms with Gasteiger partial charge in [-0.3, -0.25) is 4.79 Å².